The van der Waals surface area contributed by atoms with E-state index < -0.39 is 5.82 Å². The van der Waals surface area contributed by atoms with Gasteiger partial charge in [-0.05, 0) is 59.9 Å². The Hall–Kier alpha value is -3.14. The van der Waals surface area contributed by atoms with E-state index in [4.69, 9.17) is 14.5 Å². The molecule has 0 bridgehead atoms. The van der Waals surface area contributed by atoms with Gasteiger partial charge in [0.1, 0.15) is 11.6 Å². The Morgan fingerprint density at radius 1 is 1.07 bits per heavy atom. The number of unbranched alkanes of at least 4 members (excludes halogenated alkanes) is 2. The van der Waals surface area contributed by atoms with Crippen molar-refractivity contribution in [1.82, 2.24) is 14.9 Å². The molecule has 4 rings (SSSR count). The molecule has 220 valence electrons. The van der Waals surface area contributed by atoms with Crippen LogP contribution >= 0.6 is 0 Å². The number of benzene rings is 1. The van der Waals surface area contributed by atoms with Crippen LogP contribution in [0.1, 0.15) is 78.2 Å². The van der Waals surface area contributed by atoms with Gasteiger partial charge in [0, 0.05) is 48.6 Å². The van der Waals surface area contributed by atoms with Crippen LogP contribution in [0.2, 0.25) is 0 Å². The third-order valence-corrected chi connectivity index (χ3v) is 7.97. The summed E-state index contributed by atoms with van der Waals surface area (Å²) in [5.41, 5.74) is 0.895. The smallest absolute Gasteiger partial charge is 0.330 e. The van der Waals surface area contributed by atoms with Gasteiger partial charge in [-0.3, -0.25) is 14.7 Å². The maximum Gasteiger partial charge on any atom is 0.330 e. The Kier molecular flexibility index (Phi) is 10.1. The minimum absolute atomic E-state index is 0.0113. The highest BCUT2D eigenvalue weighted by atomic mass is 19.1. The highest BCUT2D eigenvalue weighted by Crippen LogP contribution is 2.40. The van der Waals surface area contributed by atoms with Gasteiger partial charge in [0.25, 0.3) is 0 Å². The molecule has 9 nitrogen and oxygen atoms in total. The lowest BCUT2D eigenvalue weighted by Gasteiger charge is -2.39. The molecule has 1 fully saturated rings. The fourth-order valence-electron chi connectivity index (χ4n) is 5.87. The topological polar surface area (TPSA) is 83.1 Å². The van der Waals surface area contributed by atoms with Crippen LogP contribution in [0.25, 0.3) is 0 Å². The first-order valence-corrected chi connectivity index (χ1v) is 14.6. The monoisotopic (exact) mass is 556 g/mol. The molecule has 2 aliphatic rings. The zero-order chi connectivity index (χ0) is 28.8. The number of urea groups is 1. The molecular formula is C30H45FN6O3. The zero-order valence-corrected chi connectivity index (χ0v) is 24.9. The predicted molar refractivity (Wildman–Crippen MR) is 157 cm³/mol. The summed E-state index contributed by atoms with van der Waals surface area (Å²) in [6, 6.07) is 3.82. The molecule has 2 amide bonds. The SMILES string of the molecule is COc1cc(OC)c(F)c(N2Cc3cnc(NCCCCCN(C(C)C)C(C)C)nc3N(C3CCCC3)C2=O)c1. The zero-order valence-electron chi connectivity index (χ0n) is 24.9. The van der Waals surface area contributed by atoms with Crippen molar-refractivity contribution in [3.63, 3.8) is 0 Å². The lowest BCUT2D eigenvalue weighted by molar-refractivity contribution is 0.171. The molecule has 2 aromatic rings. The Labute approximate surface area is 238 Å². The van der Waals surface area contributed by atoms with Crippen LogP contribution in [-0.2, 0) is 6.54 Å². The molecule has 1 N–H and O–H groups in total. The number of methoxy groups -OCH3 is 2. The van der Waals surface area contributed by atoms with E-state index in [0.717, 1.165) is 63.6 Å². The van der Waals surface area contributed by atoms with Gasteiger partial charge in [-0.2, -0.15) is 4.98 Å². The molecule has 1 aromatic heterocycles. The highest BCUT2D eigenvalue weighted by Gasteiger charge is 2.39. The van der Waals surface area contributed by atoms with Crippen LogP contribution in [0.4, 0.5) is 26.6 Å². The number of nitrogens with one attached hydrogen (secondary N) is 1. The average Bonchev–Trinajstić information content (AvgIpc) is 3.46. The molecule has 10 heteroatoms. The minimum atomic E-state index is -0.601. The molecule has 2 heterocycles. The molecule has 1 aliphatic heterocycles. The van der Waals surface area contributed by atoms with Gasteiger partial charge >= 0.3 is 6.03 Å². The molecule has 0 unspecified atom stereocenters. The third kappa shape index (κ3) is 6.59. The van der Waals surface area contributed by atoms with Gasteiger partial charge < -0.3 is 14.8 Å². The number of ether oxygens (including phenoxy) is 2. The largest absolute Gasteiger partial charge is 0.497 e. The second-order valence-electron chi connectivity index (χ2n) is 11.3. The van der Waals surface area contributed by atoms with Crippen LogP contribution in [0.3, 0.4) is 0 Å². The van der Waals surface area contributed by atoms with Gasteiger partial charge in [-0.15, -0.1) is 0 Å². The minimum Gasteiger partial charge on any atom is -0.497 e. The van der Waals surface area contributed by atoms with Crippen molar-refractivity contribution in [2.75, 3.05) is 42.4 Å². The van der Waals surface area contributed by atoms with Crippen molar-refractivity contribution in [3.8, 4) is 11.5 Å². The third-order valence-electron chi connectivity index (χ3n) is 7.97. The summed E-state index contributed by atoms with van der Waals surface area (Å²) in [5, 5.41) is 3.36. The number of anilines is 3. The number of halogens is 1. The standard InChI is InChI=1S/C30H45FN6O3/c1-20(2)35(21(3)4)15-11-7-10-14-32-29-33-18-22-19-36(25-16-24(39-5)17-26(40-6)27(25)31)30(38)37(28(22)34-29)23-12-8-9-13-23/h16-18,20-21,23H,7-15,19H2,1-6H3,(H,32,33,34). The van der Waals surface area contributed by atoms with Crippen molar-refractivity contribution in [2.24, 2.45) is 0 Å². The Morgan fingerprint density at radius 2 is 1.80 bits per heavy atom. The van der Waals surface area contributed by atoms with Crippen LogP contribution in [-0.4, -0.2) is 66.3 Å². The van der Waals surface area contributed by atoms with Gasteiger partial charge in [0.2, 0.25) is 5.95 Å². The van der Waals surface area contributed by atoms with E-state index >= 15 is 4.39 Å². The molecule has 1 aromatic carbocycles. The van der Waals surface area contributed by atoms with E-state index in [1.165, 1.54) is 31.3 Å². The number of amides is 2. The summed E-state index contributed by atoms with van der Waals surface area (Å²) in [7, 11) is 2.90. The Balaban J connectivity index is 1.49. The lowest BCUT2D eigenvalue weighted by atomic mass is 10.1. The fourth-order valence-corrected chi connectivity index (χ4v) is 5.87. The first-order valence-electron chi connectivity index (χ1n) is 14.6. The highest BCUT2D eigenvalue weighted by molar-refractivity contribution is 6.06. The Bertz CT molecular complexity index is 1150. The number of hydrogen-bond acceptors (Lipinski definition) is 7. The van der Waals surface area contributed by atoms with Crippen molar-refractivity contribution in [1.29, 1.82) is 0 Å². The molecule has 0 radical (unpaired) electrons. The second-order valence-corrected chi connectivity index (χ2v) is 11.3. The van der Waals surface area contributed by atoms with Gasteiger partial charge in [-0.25, -0.2) is 14.2 Å². The summed E-state index contributed by atoms with van der Waals surface area (Å²) in [5.74, 6) is 0.970. The van der Waals surface area contributed by atoms with Crippen molar-refractivity contribution in [3.05, 3.63) is 29.7 Å². The number of nitrogens with zero attached hydrogens (tertiary/aromatic N) is 5. The predicted octanol–water partition coefficient (Wildman–Crippen LogP) is 6.22. The molecule has 0 saturated heterocycles. The summed E-state index contributed by atoms with van der Waals surface area (Å²) in [4.78, 5) is 29.0. The van der Waals surface area contributed by atoms with Crippen molar-refractivity contribution in [2.45, 2.75) is 97.3 Å². The number of fused-ring (bicyclic) bond motifs is 1. The summed E-state index contributed by atoms with van der Waals surface area (Å²) >= 11 is 0. The van der Waals surface area contributed by atoms with Gasteiger partial charge in [-0.1, -0.05) is 19.3 Å². The first kappa shape index (κ1) is 29.8. The number of rotatable bonds is 13. The molecular weight excluding hydrogens is 511 g/mol. The van der Waals surface area contributed by atoms with E-state index in [0.29, 0.717) is 29.6 Å². The Morgan fingerprint density at radius 3 is 2.45 bits per heavy atom. The maximum absolute atomic E-state index is 15.4. The number of aromatic nitrogens is 2. The van der Waals surface area contributed by atoms with Crippen LogP contribution < -0.4 is 24.6 Å². The van der Waals surface area contributed by atoms with E-state index in [1.807, 2.05) is 0 Å². The summed E-state index contributed by atoms with van der Waals surface area (Å²) in [6.45, 7) is 11.0. The number of hydrogen-bond donors (Lipinski definition) is 1. The first-order chi connectivity index (χ1) is 19.2. The fraction of sp³-hybridized carbons (Fsp3) is 0.633. The van der Waals surface area contributed by atoms with E-state index in [1.54, 1.807) is 11.1 Å². The summed E-state index contributed by atoms with van der Waals surface area (Å²) < 4.78 is 26.0. The number of carbonyl (C=O) groups is 1. The summed E-state index contributed by atoms with van der Waals surface area (Å²) in [6.07, 6.45) is 8.91. The quantitative estimate of drug-likeness (QED) is 0.293. The molecule has 40 heavy (non-hydrogen) atoms. The van der Waals surface area contributed by atoms with Crippen LogP contribution in [0.5, 0.6) is 11.5 Å². The second kappa shape index (κ2) is 13.5. The van der Waals surface area contributed by atoms with Crippen molar-refractivity contribution >= 4 is 23.5 Å². The maximum atomic E-state index is 15.4. The van der Waals surface area contributed by atoms with Crippen molar-refractivity contribution < 1.29 is 18.7 Å². The lowest BCUT2D eigenvalue weighted by Crippen LogP contribution is -2.52. The van der Waals surface area contributed by atoms with Gasteiger partial charge in [0.05, 0.1) is 26.5 Å². The van der Waals surface area contributed by atoms with E-state index in [-0.39, 0.29) is 30.1 Å². The van der Waals surface area contributed by atoms with E-state index in [2.05, 4.69) is 42.9 Å². The van der Waals surface area contributed by atoms with Gasteiger partial charge in [0.15, 0.2) is 11.6 Å². The van der Waals surface area contributed by atoms with Crippen LogP contribution in [0, 0.1) is 5.82 Å². The molecule has 1 aliphatic carbocycles. The van der Waals surface area contributed by atoms with E-state index in [9.17, 15) is 4.79 Å². The van der Waals surface area contributed by atoms with Crippen LogP contribution in [0.15, 0.2) is 18.3 Å². The molecule has 0 spiro atoms. The molecule has 1 saturated carbocycles. The average molecular weight is 557 g/mol. The molecule has 0 atom stereocenters. The number of carbonyl (C=O) groups excluding carboxylic acids is 1. The normalized spacial score (nSPS) is 15.9.